The van der Waals surface area contributed by atoms with Gasteiger partial charge < -0.3 is 15.0 Å². The van der Waals surface area contributed by atoms with Crippen LogP contribution in [0, 0.1) is 0 Å². The van der Waals surface area contributed by atoms with Gasteiger partial charge >= 0.3 is 5.97 Å². The van der Waals surface area contributed by atoms with Crippen LogP contribution in [0.15, 0.2) is 42.9 Å². The summed E-state index contributed by atoms with van der Waals surface area (Å²) in [5.41, 5.74) is 2.83. The standard InChI is InChI=1S/C18H21N5O2/c1-23(2)18-21-9-12(10-22-18)8-19-16(17(24)25)7-13-11-20-15-6-4-3-5-14(13)15/h3-6,9-11,16,19-20H,7-8H2,1-2H3,(H,24,25)/t16-/m0/s1. The molecule has 1 aromatic carbocycles. The highest BCUT2D eigenvalue weighted by molar-refractivity contribution is 5.84. The summed E-state index contributed by atoms with van der Waals surface area (Å²) in [6, 6.07) is 7.19. The zero-order valence-electron chi connectivity index (χ0n) is 14.2. The highest BCUT2D eigenvalue weighted by Crippen LogP contribution is 2.19. The normalized spacial score (nSPS) is 12.2. The number of carboxylic acid groups (broad SMARTS) is 1. The number of benzene rings is 1. The Morgan fingerprint density at radius 2 is 2.00 bits per heavy atom. The SMILES string of the molecule is CN(C)c1ncc(CN[C@@H](Cc2c[nH]c3ccccc23)C(=O)O)cn1. The summed E-state index contributed by atoms with van der Waals surface area (Å²) in [7, 11) is 3.74. The van der Waals surface area contributed by atoms with Gasteiger partial charge in [-0.3, -0.25) is 10.1 Å². The van der Waals surface area contributed by atoms with Gasteiger partial charge in [0.25, 0.3) is 0 Å². The Kier molecular flexibility index (Phi) is 4.95. The molecule has 2 aromatic heterocycles. The average molecular weight is 339 g/mol. The molecular formula is C18H21N5O2. The van der Waals surface area contributed by atoms with E-state index in [9.17, 15) is 9.90 Å². The molecule has 25 heavy (non-hydrogen) atoms. The van der Waals surface area contributed by atoms with Gasteiger partial charge in [-0.1, -0.05) is 18.2 Å². The number of anilines is 1. The summed E-state index contributed by atoms with van der Waals surface area (Å²) in [5, 5.41) is 13.7. The first-order valence-corrected chi connectivity index (χ1v) is 8.04. The van der Waals surface area contributed by atoms with Crippen molar-refractivity contribution in [1.29, 1.82) is 0 Å². The number of hydrogen-bond acceptors (Lipinski definition) is 5. The van der Waals surface area contributed by atoms with Crippen LogP contribution in [0.1, 0.15) is 11.1 Å². The largest absolute Gasteiger partial charge is 0.480 e. The third-order valence-corrected chi connectivity index (χ3v) is 4.04. The molecule has 0 fully saturated rings. The molecule has 7 nitrogen and oxygen atoms in total. The van der Waals surface area contributed by atoms with Gasteiger partial charge in [0.1, 0.15) is 6.04 Å². The first-order chi connectivity index (χ1) is 12.0. The summed E-state index contributed by atoms with van der Waals surface area (Å²) in [4.78, 5) is 25.1. The van der Waals surface area contributed by atoms with E-state index in [0.717, 1.165) is 22.0 Å². The molecule has 0 aliphatic carbocycles. The van der Waals surface area contributed by atoms with Crippen molar-refractivity contribution in [3.8, 4) is 0 Å². The van der Waals surface area contributed by atoms with Gasteiger partial charge in [0, 0.05) is 62.1 Å². The second kappa shape index (κ2) is 7.31. The number of nitrogens with one attached hydrogen (secondary N) is 2. The molecule has 130 valence electrons. The zero-order valence-corrected chi connectivity index (χ0v) is 14.2. The fraction of sp³-hybridized carbons (Fsp3) is 0.278. The number of para-hydroxylation sites is 1. The molecule has 3 rings (SSSR count). The summed E-state index contributed by atoms with van der Waals surface area (Å²) < 4.78 is 0. The van der Waals surface area contributed by atoms with Gasteiger partial charge in [0.15, 0.2) is 0 Å². The molecule has 0 radical (unpaired) electrons. The maximum absolute atomic E-state index is 11.6. The smallest absolute Gasteiger partial charge is 0.321 e. The number of nitrogens with zero attached hydrogens (tertiary/aromatic N) is 3. The van der Waals surface area contributed by atoms with Crippen LogP contribution >= 0.6 is 0 Å². The Hall–Kier alpha value is -2.93. The molecule has 0 bridgehead atoms. The van der Waals surface area contributed by atoms with Gasteiger partial charge in [0.05, 0.1) is 0 Å². The van der Waals surface area contributed by atoms with Gasteiger partial charge in [0.2, 0.25) is 5.95 Å². The number of aromatic amines is 1. The lowest BCUT2D eigenvalue weighted by Crippen LogP contribution is -2.38. The first kappa shape index (κ1) is 16.9. The number of carbonyl (C=O) groups is 1. The van der Waals surface area contributed by atoms with Crippen LogP contribution in [0.2, 0.25) is 0 Å². The van der Waals surface area contributed by atoms with Crippen molar-refractivity contribution in [2.45, 2.75) is 19.0 Å². The molecule has 0 aliphatic heterocycles. The van der Waals surface area contributed by atoms with Gasteiger partial charge in [-0.2, -0.15) is 0 Å². The van der Waals surface area contributed by atoms with Crippen LogP contribution in [0.3, 0.4) is 0 Å². The summed E-state index contributed by atoms with van der Waals surface area (Å²) in [6.07, 6.45) is 5.69. The molecule has 0 unspecified atom stereocenters. The van der Waals surface area contributed by atoms with E-state index in [1.165, 1.54) is 0 Å². The topological polar surface area (TPSA) is 94.1 Å². The summed E-state index contributed by atoms with van der Waals surface area (Å²) in [5.74, 6) is -0.256. The van der Waals surface area contributed by atoms with Crippen LogP contribution in [-0.4, -0.2) is 46.2 Å². The van der Waals surface area contributed by atoms with Crippen LogP contribution < -0.4 is 10.2 Å². The summed E-state index contributed by atoms with van der Waals surface area (Å²) >= 11 is 0. The Labute approximate surface area is 145 Å². The van der Waals surface area contributed by atoms with E-state index in [-0.39, 0.29) is 0 Å². The van der Waals surface area contributed by atoms with Crippen LogP contribution in [0.25, 0.3) is 10.9 Å². The number of hydrogen-bond donors (Lipinski definition) is 3. The summed E-state index contributed by atoms with van der Waals surface area (Å²) in [6.45, 7) is 0.396. The first-order valence-electron chi connectivity index (χ1n) is 8.04. The van der Waals surface area contributed by atoms with E-state index in [1.54, 1.807) is 12.4 Å². The Morgan fingerprint density at radius 1 is 1.28 bits per heavy atom. The van der Waals surface area contributed by atoms with Crippen molar-refractivity contribution in [2.75, 3.05) is 19.0 Å². The number of carboxylic acids is 1. The highest BCUT2D eigenvalue weighted by atomic mass is 16.4. The lowest BCUT2D eigenvalue weighted by Gasteiger charge is -2.15. The molecular weight excluding hydrogens is 318 g/mol. The van der Waals surface area contributed by atoms with Crippen molar-refractivity contribution < 1.29 is 9.90 Å². The number of aliphatic carboxylic acids is 1. The number of fused-ring (bicyclic) bond motifs is 1. The van der Waals surface area contributed by atoms with Crippen LogP contribution in [0.4, 0.5) is 5.95 Å². The van der Waals surface area contributed by atoms with Gasteiger partial charge in [-0.05, 0) is 11.6 Å². The van der Waals surface area contributed by atoms with E-state index in [1.807, 2.05) is 49.5 Å². The number of aromatic nitrogens is 3. The van der Waals surface area contributed by atoms with E-state index in [0.29, 0.717) is 18.9 Å². The molecule has 0 saturated heterocycles. The second-order valence-corrected chi connectivity index (χ2v) is 6.12. The molecule has 0 amide bonds. The van der Waals surface area contributed by atoms with Crippen molar-refractivity contribution in [3.63, 3.8) is 0 Å². The molecule has 0 spiro atoms. The highest BCUT2D eigenvalue weighted by Gasteiger charge is 2.19. The van der Waals surface area contributed by atoms with E-state index in [2.05, 4.69) is 20.3 Å². The minimum absolute atomic E-state index is 0.396. The van der Waals surface area contributed by atoms with Gasteiger partial charge in [-0.25, -0.2) is 9.97 Å². The van der Waals surface area contributed by atoms with Gasteiger partial charge in [-0.15, -0.1) is 0 Å². The minimum Gasteiger partial charge on any atom is -0.480 e. The van der Waals surface area contributed by atoms with Crippen molar-refractivity contribution in [1.82, 2.24) is 20.3 Å². The third kappa shape index (κ3) is 3.95. The van der Waals surface area contributed by atoms with Crippen molar-refractivity contribution >= 4 is 22.8 Å². The third-order valence-electron chi connectivity index (χ3n) is 4.04. The Balaban J connectivity index is 1.68. The molecule has 0 aliphatic rings. The monoisotopic (exact) mass is 339 g/mol. The maximum Gasteiger partial charge on any atom is 0.321 e. The maximum atomic E-state index is 11.6. The van der Waals surface area contributed by atoms with E-state index in [4.69, 9.17) is 0 Å². The quantitative estimate of drug-likeness (QED) is 0.608. The lowest BCUT2D eigenvalue weighted by molar-refractivity contribution is -0.139. The number of rotatable bonds is 7. The molecule has 3 aromatic rings. The fourth-order valence-corrected chi connectivity index (χ4v) is 2.68. The van der Waals surface area contributed by atoms with Crippen LogP contribution in [-0.2, 0) is 17.8 Å². The Bertz CT molecular complexity index is 857. The number of H-pyrrole nitrogens is 1. The van der Waals surface area contributed by atoms with Crippen LogP contribution in [0.5, 0.6) is 0 Å². The van der Waals surface area contributed by atoms with E-state index >= 15 is 0 Å². The lowest BCUT2D eigenvalue weighted by atomic mass is 10.0. The Morgan fingerprint density at radius 3 is 2.68 bits per heavy atom. The molecule has 1 atom stereocenters. The molecule has 2 heterocycles. The minimum atomic E-state index is -0.879. The van der Waals surface area contributed by atoms with Crippen molar-refractivity contribution in [2.24, 2.45) is 0 Å². The molecule has 7 heteroatoms. The predicted molar refractivity (Wildman–Crippen MR) is 96.6 cm³/mol. The average Bonchev–Trinajstić information content (AvgIpc) is 3.01. The van der Waals surface area contributed by atoms with E-state index < -0.39 is 12.0 Å². The molecule has 0 saturated carbocycles. The molecule has 3 N–H and O–H groups in total. The predicted octanol–water partition coefficient (Wildman–Crippen LogP) is 1.81. The van der Waals surface area contributed by atoms with Crippen molar-refractivity contribution in [3.05, 3.63) is 54.0 Å². The second-order valence-electron chi connectivity index (χ2n) is 6.12. The fourth-order valence-electron chi connectivity index (χ4n) is 2.68. The zero-order chi connectivity index (χ0) is 17.8.